The Hall–Kier alpha value is -1.56. The maximum absolute atomic E-state index is 12.4. The van der Waals surface area contributed by atoms with Gasteiger partial charge in [0.05, 0.1) is 15.6 Å². The molecule has 0 aliphatic rings. The molecule has 4 nitrogen and oxygen atoms in total. The Kier molecular flexibility index (Phi) is 4.32. The number of nitrogens with two attached hydrogens (primary N) is 1. The summed E-state index contributed by atoms with van der Waals surface area (Å²) in [6.45, 7) is 2.01. The van der Waals surface area contributed by atoms with Crippen molar-refractivity contribution in [2.45, 2.75) is 18.4 Å². The van der Waals surface area contributed by atoms with E-state index in [-0.39, 0.29) is 11.4 Å². The molecule has 0 saturated carbocycles. The summed E-state index contributed by atoms with van der Waals surface area (Å²) < 4.78 is 27.3. The second kappa shape index (κ2) is 5.83. The molecule has 3 N–H and O–H groups in total. The van der Waals surface area contributed by atoms with Crippen molar-refractivity contribution >= 4 is 27.3 Å². The predicted octanol–water partition coefficient (Wildman–Crippen LogP) is 2.91. The van der Waals surface area contributed by atoms with Crippen molar-refractivity contribution in [3.8, 4) is 0 Å². The van der Waals surface area contributed by atoms with E-state index in [1.165, 1.54) is 6.07 Å². The number of sulfonamides is 1. The van der Waals surface area contributed by atoms with E-state index in [9.17, 15) is 8.42 Å². The summed E-state index contributed by atoms with van der Waals surface area (Å²) in [7, 11) is -3.71. The molecule has 0 aromatic heterocycles. The highest BCUT2D eigenvalue weighted by Gasteiger charge is 2.18. The van der Waals surface area contributed by atoms with Gasteiger partial charge in [-0.2, -0.15) is 0 Å². The molecule has 0 atom stereocenters. The molecule has 0 aliphatic heterocycles. The lowest BCUT2D eigenvalue weighted by Gasteiger charge is -2.12. The van der Waals surface area contributed by atoms with Crippen molar-refractivity contribution in [3.05, 3.63) is 58.6 Å². The van der Waals surface area contributed by atoms with Crippen LogP contribution in [-0.2, 0) is 16.6 Å². The molecule has 106 valence electrons. The van der Waals surface area contributed by atoms with Crippen molar-refractivity contribution in [2.24, 2.45) is 5.73 Å². The average molecular weight is 311 g/mol. The van der Waals surface area contributed by atoms with Gasteiger partial charge < -0.3 is 5.73 Å². The Labute approximate surface area is 123 Å². The molecule has 0 heterocycles. The summed E-state index contributed by atoms with van der Waals surface area (Å²) in [6.07, 6.45) is 0. The highest BCUT2D eigenvalue weighted by molar-refractivity contribution is 7.92. The van der Waals surface area contributed by atoms with E-state index >= 15 is 0 Å². The first-order valence-electron chi connectivity index (χ1n) is 6.01. The molecule has 2 aromatic carbocycles. The van der Waals surface area contributed by atoms with E-state index < -0.39 is 10.0 Å². The number of nitrogens with one attached hydrogen (secondary N) is 1. The summed E-state index contributed by atoms with van der Waals surface area (Å²) in [5.74, 6) is 0. The molecule has 0 saturated heterocycles. The van der Waals surface area contributed by atoms with Gasteiger partial charge in [-0.15, -0.1) is 0 Å². The third kappa shape index (κ3) is 3.12. The fraction of sp³-hybridized carbons (Fsp3) is 0.143. The predicted molar refractivity (Wildman–Crippen MR) is 81.3 cm³/mol. The standard InChI is InChI=1S/C14H15ClN2O2S/c1-10-6-7-12(15)13(8-10)17-20(18,19)14-5-3-2-4-11(14)9-16/h2-8,17H,9,16H2,1H3. The highest BCUT2D eigenvalue weighted by atomic mass is 35.5. The molecule has 0 amide bonds. The molecule has 0 spiro atoms. The van der Waals surface area contributed by atoms with E-state index in [0.717, 1.165) is 5.56 Å². The van der Waals surface area contributed by atoms with Gasteiger partial charge >= 0.3 is 0 Å². The Morgan fingerprint density at radius 2 is 1.90 bits per heavy atom. The third-order valence-electron chi connectivity index (χ3n) is 2.85. The maximum Gasteiger partial charge on any atom is 0.262 e. The van der Waals surface area contributed by atoms with Crippen LogP contribution < -0.4 is 10.5 Å². The van der Waals surface area contributed by atoms with Gasteiger partial charge in [-0.3, -0.25) is 4.72 Å². The molecule has 0 radical (unpaired) electrons. The van der Waals surface area contributed by atoms with Gasteiger partial charge in [0, 0.05) is 6.54 Å². The number of hydrogen-bond donors (Lipinski definition) is 2. The van der Waals surface area contributed by atoms with Gasteiger partial charge in [0.25, 0.3) is 10.0 Å². The van der Waals surface area contributed by atoms with Crippen LogP contribution in [-0.4, -0.2) is 8.42 Å². The van der Waals surface area contributed by atoms with Gasteiger partial charge in [0.2, 0.25) is 0 Å². The largest absolute Gasteiger partial charge is 0.326 e. The summed E-state index contributed by atoms with van der Waals surface area (Å²) in [5.41, 5.74) is 7.41. The highest BCUT2D eigenvalue weighted by Crippen LogP contribution is 2.26. The van der Waals surface area contributed by atoms with Crippen molar-refractivity contribution in [1.29, 1.82) is 0 Å². The fourth-order valence-electron chi connectivity index (χ4n) is 1.85. The molecule has 2 aromatic rings. The summed E-state index contributed by atoms with van der Waals surface area (Å²) >= 11 is 6.01. The van der Waals surface area contributed by atoms with Gasteiger partial charge in [-0.05, 0) is 36.2 Å². The number of benzene rings is 2. The van der Waals surface area contributed by atoms with Crippen molar-refractivity contribution in [3.63, 3.8) is 0 Å². The van der Waals surface area contributed by atoms with Gasteiger partial charge in [-0.25, -0.2) is 8.42 Å². The molecule has 0 bridgehead atoms. The first kappa shape index (κ1) is 14.8. The Morgan fingerprint density at radius 3 is 2.60 bits per heavy atom. The van der Waals surface area contributed by atoms with Crippen LogP contribution in [0, 0.1) is 6.92 Å². The van der Waals surface area contributed by atoms with Crippen LogP contribution >= 0.6 is 11.6 Å². The molecule has 0 fully saturated rings. The second-order valence-electron chi connectivity index (χ2n) is 4.40. The first-order chi connectivity index (χ1) is 9.44. The topological polar surface area (TPSA) is 72.2 Å². The average Bonchev–Trinajstić information content (AvgIpc) is 2.42. The fourth-order valence-corrected chi connectivity index (χ4v) is 3.40. The minimum Gasteiger partial charge on any atom is -0.326 e. The molecular weight excluding hydrogens is 296 g/mol. The van der Waals surface area contributed by atoms with Crippen LogP contribution in [0.1, 0.15) is 11.1 Å². The van der Waals surface area contributed by atoms with Crippen molar-refractivity contribution in [2.75, 3.05) is 4.72 Å². The first-order valence-corrected chi connectivity index (χ1v) is 7.87. The molecular formula is C14H15ClN2O2S. The summed E-state index contributed by atoms with van der Waals surface area (Å²) in [4.78, 5) is 0.167. The van der Waals surface area contributed by atoms with Crippen LogP contribution in [0.2, 0.25) is 5.02 Å². The number of aryl methyl sites for hydroxylation is 1. The number of anilines is 1. The van der Waals surface area contributed by atoms with Crippen molar-refractivity contribution < 1.29 is 8.42 Å². The van der Waals surface area contributed by atoms with Crippen molar-refractivity contribution in [1.82, 2.24) is 0 Å². The summed E-state index contributed by atoms with van der Waals surface area (Å²) in [6, 6.07) is 11.8. The van der Waals surface area contributed by atoms with Gasteiger partial charge in [-0.1, -0.05) is 35.9 Å². The monoisotopic (exact) mass is 310 g/mol. The van der Waals surface area contributed by atoms with Crippen LogP contribution in [0.5, 0.6) is 0 Å². The summed E-state index contributed by atoms with van der Waals surface area (Å²) in [5, 5.41) is 0.351. The smallest absolute Gasteiger partial charge is 0.262 e. The zero-order valence-corrected chi connectivity index (χ0v) is 12.5. The zero-order chi connectivity index (χ0) is 14.8. The normalized spacial score (nSPS) is 11.3. The second-order valence-corrected chi connectivity index (χ2v) is 6.46. The van der Waals surface area contributed by atoms with E-state index in [0.29, 0.717) is 16.3 Å². The van der Waals surface area contributed by atoms with E-state index in [1.807, 2.05) is 13.0 Å². The van der Waals surface area contributed by atoms with Crippen LogP contribution in [0.3, 0.4) is 0 Å². The number of rotatable bonds is 4. The van der Waals surface area contributed by atoms with Gasteiger partial charge in [0.15, 0.2) is 0 Å². The minimum absolute atomic E-state index is 0.151. The van der Waals surface area contributed by atoms with Crippen LogP contribution in [0.15, 0.2) is 47.4 Å². The van der Waals surface area contributed by atoms with E-state index in [2.05, 4.69) is 4.72 Å². The Morgan fingerprint density at radius 1 is 1.20 bits per heavy atom. The molecule has 0 unspecified atom stereocenters. The quantitative estimate of drug-likeness (QED) is 0.912. The maximum atomic E-state index is 12.4. The SMILES string of the molecule is Cc1ccc(Cl)c(NS(=O)(=O)c2ccccc2CN)c1. The molecule has 6 heteroatoms. The molecule has 2 rings (SSSR count). The number of halogens is 1. The molecule has 20 heavy (non-hydrogen) atoms. The Bertz CT molecular complexity index is 730. The lowest BCUT2D eigenvalue weighted by atomic mass is 10.2. The van der Waals surface area contributed by atoms with Crippen LogP contribution in [0.25, 0.3) is 0 Å². The third-order valence-corrected chi connectivity index (χ3v) is 4.64. The van der Waals surface area contributed by atoms with Gasteiger partial charge in [0.1, 0.15) is 0 Å². The Balaban J connectivity index is 2.43. The zero-order valence-electron chi connectivity index (χ0n) is 10.9. The molecule has 0 aliphatic carbocycles. The van der Waals surface area contributed by atoms with E-state index in [1.54, 1.807) is 30.3 Å². The van der Waals surface area contributed by atoms with E-state index in [4.69, 9.17) is 17.3 Å². The number of hydrogen-bond acceptors (Lipinski definition) is 3. The minimum atomic E-state index is -3.71. The lowest BCUT2D eigenvalue weighted by molar-refractivity contribution is 0.600. The lowest BCUT2D eigenvalue weighted by Crippen LogP contribution is -2.16. The van der Waals surface area contributed by atoms with Crippen LogP contribution in [0.4, 0.5) is 5.69 Å².